The van der Waals surface area contributed by atoms with Gasteiger partial charge in [-0.05, 0) is 31.9 Å². The molecule has 0 amide bonds. The molecule has 1 rings (SSSR count). The lowest BCUT2D eigenvalue weighted by atomic mass is 10.1. The first kappa shape index (κ1) is 12.9. The molecular formula is C13H19F2N. The molecule has 1 aromatic carbocycles. The monoisotopic (exact) mass is 227 g/mol. The minimum atomic E-state index is -0.522. The fraction of sp³-hybridized carbons (Fsp3) is 0.538. The molecule has 1 nitrogen and oxygen atoms in total. The van der Waals surface area contributed by atoms with E-state index >= 15 is 0 Å². The summed E-state index contributed by atoms with van der Waals surface area (Å²) in [6.45, 7) is 5.67. The first-order chi connectivity index (χ1) is 7.56. The SMILES string of the molecule is CCCCC(C)Nc1c(F)ccc(C)c1F. The minimum Gasteiger partial charge on any atom is -0.378 e. The van der Waals surface area contributed by atoms with E-state index in [-0.39, 0.29) is 11.7 Å². The number of anilines is 1. The second-order valence-corrected chi connectivity index (χ2v) is 4.24. The van der Waals surface area contributed by atoms with Crippen LogP contribution in [0.3, 0.4) is 0 Å². The highest BCUT2D eigenvalue weighted by atomic mass is 19.1. The Morgan fingerprint density at radius 1 is 1.31 bits per heavy atom. The van der Waals surface area contributed by atoms with Crippen molar-refractivity contribution in [2.75, 3.05) is 5.32 Å². The van der Waals surface area contributed by atoms with Crippen LogP contribution in [0, 0.1) is 18.6 Å². The lowest BCUT2D eigenvalue weighted by Crippen LogP contribution is -2.17. The van der Waals surface area contributed by atoms with E-state index in [4.69, 9.17) is 0 Å². The molecule has 90 valence electrons. The topological polar surface area (TPSA) is 12.0 Å². The highest BCUT2D eigenvalue weighted by molar-refractivity contribution is 5.49. The van der Waals surface area contributed by atoms with Crippen LogP contribution < -0.4 is 5.32 Å². The van der Waals surface area contributed by atoms with Gasteiger partial charge in [0.15, 0.2) is 5.82 Å². The van der Waals surface area contributed by atoms with Gasteiger partial charge in [-0.3, -0.25) is 0 Å². The van der Waals surface area contributed by atoms with Gasteiger partial charge in [0.2, 0.25) is 0 Å². The maximum atomic E-state index is 13.6. The van der Waals surface area contributed by atoms with Gasteiger partial charge in [-0.15, -0.1) is 0 Å². The van der Waals surface area contributed by atoms with Gasteiger partial charge in [0.25, 0.3) is 0 Å². The Morgan fingerprint density at radius 2 is 2.00 bits per heavy atom. The fourth-order valence-electron chi connectivity index (χ4n) is 1.62. The zero-order valence-corrected chi connectivity index (χ0v) is 10.1. The van der Waals surface area contributed by atoms with Gasteiger partial charge >= 0.3 is 0 Å². The Balaban J connectivity index is 2.76. The number of aryl methyl sites for hydroxylation is 1. The highest BCUT2D eigenvalue weighted by Crippen LogP contribution is 2.23. The quantitative estimate of drug-likeness (QED) is 0.792. The van der Waals surface area contributed by atoms with Crippen LogP contribution in [0.4, 0.5) is 14.5 Å². The van der Waals surface area contributed by atoms with Crippen molar-refractivity contribution in [2.45, 2.75) is 46.1 Å². The van der Waals surface area contributed by atoms with Crippen LogP contribution in [-0.4, -0.2) is 6.04 Å². The van der Waals surface area contributed by atoms with Crippen LogP contribution in [0.2, 0.25) is 0 Å². The summed E-state index contributed by atoms with van der Waals surface area (Å²) >= 11 is 0. The molecule has 1 aromatic rings. The van der Waals surface area contributed by atoms with Crippen LogP contribution in [0.15, 0.2) is 12.1 Å². The third-order valence-electron chi connectivity index (χ3n) is 2.67. The van der Waals surface area contributed by atoms with Crippen molar-refractivity contribution in [1.82, 2.24) is 0 Å². The second-order valence-electron chi connectivity index (χ2n) is 4.24. The number of halogens is 2. The van der Waals surface area contributed by atoms with Crippen molar-refractivity contribution in [2.24, 2.45) is 0 Å². The minimum absolute atomic E-state index is 0.00334. The van der Waals surface area contributed by atoms with Crippen LogP contribution >= 0.6 is 0 Å². The van der Waals surface area contributed by atoms with Crippen molar-refractivity contribution >= 4 is 5.69 Å². The standard InChI is InChI=1S/C13H19F2N/c1-4-5-6-10(3)16-13-11(14)8-7-9(2)12(13)15/h7-8,10,16H,4-6H2,1-3H3. The molecule has 1 atom stereocenters. The highest BCUT2D eigenvalue weighted by Gasteiger charge is 2.13. The van der Waals surface area contributed by atoms with E-state index in [2.05, 4.69) is 12.2 Å². The van der Waals surface area contributed by atoms with Crippen molar-refractivity contribution in [3.63, 3.8) is 0 Å². The normalized spacial score (nSPS) is 12.6. The van der Waals surface area contributed by atoms with E-state index in [0.29, 0.717) is 5.56 Å². The maximum absolute atomic E-state index is 13.6. The molecule has 0 aliphatic heterocycles. The van der Waals surface area contributed by atoms with Gasteiger partial charge < -0.3 is 5.32 Å². The number of benzene rings is 1. The Morgan fingerprint density at radius 3 is 2.62 bits per heavy atom. The van der Waals surface area contributed by atoms with E-state index in [1.54, 1.807) is 6.92 Å². The summed E-state index contributed by atoms with van der Waals surface area (Å²) < 4.78 is 27.1. The summed E-state index contributed by atoms with van der Waals surface area (Å²) in [6.07, 6.45) is 3.07. The predicted octanol–water partition coefficient (Wildman–Crippen LogP) is 4.26. The van der Waals surface area contributed by atoms with E-state index in [1.807, 2.05) is 6.92 Å². The Labute approximate surface area is 95.9 Å². The van der Waals surface area contributed by atoms with Gasteiger partial charge in [-0.1, -0.05) is 25.8 Å². The molecule has 1 unspecified atom stereocenters. The molecular weight excluding hydrogens is 208 g/mol. The zero-order valence-electron chi connectivity index (χ0n) is 10.1. The van der Waals surface area contributed by atoms with Crippen LogP contribution in [0.25, 0.3) is 0 Å². The fourth-order valence-corrected chi connectivity index (χ4v) is 1.62. The number of nitrogens with one attached hydrogen (secondary N) is 1. The molecule has 0 radical (unpaired) electrons. The summed E-state index contributed by atoms with van der Waals surface area (Å²) in [5.41, 5.74) is 0.468. The average molecular weight is 227 g/mol. The Kier molecular flexibility index (Phi) is 4.71. The second kappa shape index (κ2) is 5.83. The lowest BCUT2D eigenvalue weighted by molar-refractivity contribution is 0.570. The Hall–Kier alpha value is -1.12. The molecule has 0 aliphatic carbocycles. The van der Waals surface area contributed by atoms with Gasteiger partial charge in [-0.2, -0.15) is 0 Å². The number of hydrogen-bond acceptors (Lipinski definition) is 1. The molecule has 16 heavy (non-hydrogen) atoms. The van der Waals surface area contributed by atoms with Gasteiger partial charge in [0, 0.05) is 6.04 Å². The first-order valence-corrected chi connectivity index (χ1v) is 5.77. The molecule has 0 saturated carbocycles. The van der Waals surface area contributed by atoms with Crippen molar-refractivity contribution in [3.05, 3.63) is 29.3 Å². The molecule has 1 N–H and O–H groups in total. The smallest absolute Gasteiger partial charge is 0.152 e. The number of hydrogen-bond donors (Lipinski definition) is 1. The van der Waals surface area contributed by atoms with Gasteiger partial charge in [0.05, 0.1) is 0 Å². The van der Waals surface area contributed by atoms with Crippen molar-refractivity contribution < 1.29 is 8.78 Å². The molecule has 0 saturated heterocycles. The van der Waals surface area contributed by atoms with Gasteiger partial charge in [-0.25, -0.2) is 8.78 Å². The largest absolute Gasteiger partial charge is 0.378 e. The summed E-state index contributed by atoms with van der Waals surface area (Å²) in [5.74, 6) is -1.00. The number of rotatable bonds is 5. The molecule has 0 aliphatic rings. The van der Waals surface area contributed by atoms with Crippen LogP contribution in [0.5, 0.6) is 0 Å². The Bertz CT molecular complexity index is 350. The molecule has 0 fully saturated rings. The summed E-state index contributed by atoms with van der Waals surface area (Å²) in [4.78, 5) is 0. The lowest BCUT2D eigenvalue weighted by Gasteiger charge is -2.16. The zero-order chi connectivity index (χ0) is 12.1. The third-order valence-corrected chi connectivity index (χ3v) is 2.67. The van der Waals surface area contributed by atoms with E-state index in [9.17, 15) is 8.78 Å². The summed E-state index contributed by atoms with van der Waals surface area (Å²) in [6, 6.07) is 2.84. The van der Waals surface area contributed by atoms with Crippen molar-refractivity contribution in [3.8, 4) is 0 Å². The first-order valence-electron chi connectivity index (χ1n) is 5.77. The molecule has 0 bridgehead atoms. The van der Waals surface area contributed by atoms with Gasteiger partial charge in [0.1, 0.15) is 11.5 Å². The third kappa shape index (κ3) is 3.19. The maximum Gasteiger partial charge on any atom is 0.152 e. The van der Waals surface area contributed by atoms with E-state index in [1.165, 1.54) is 12.1 Å². The van der Waals surface area contributed by atoms with E-state index < -0.39 is 11.6 Å². The molecule has 3 heteroatoms. The summed E-state index contributed by atoms with van der Waals surface area (Å²) in [7, 11) is 0. The summed E-state index contributed by atoms with van der Waals surface area (Å²) in [5, 5.41) is 2.90. The van der Waals surface area contributed by atoms with Crippen LogP contribution in [0.1, 0.15) is 38.7 Å². The number of unbranched alkanes of at least 4 members (excludes halogenated alkanes) is 1. The van der Waals surface area contributed by atoms with Crippen LogP contribution in [-0.2, 0) is 0 Å². The molecule has 0 spiro atoms. The molecule has 0 aromatic heterocycles. The predicted molar refractivity (Wildman–Crippen MR) is 63.7 cm³/mol. The average Bonchev–Trinajstić information content (AvgIpc) is 2.27. The molecule has 0 heterocycles. The van der Waals surface area contributed by atoms with Crippen molar-refractivity contribution in [1.29, 1.82) is 0 Å². The van der Waals surface area contributed by atoms with E-state index in [0.717, 1.165) is 19.3 Å².